The number of guanidine groups is 1. The normalized spacial score (nSPS) is 15.0. The van der Waals surface area contributed by atoms with Crippen LogP contribution in [0.4, 0.5) is 0 Å². The van der Waals surface area contributed by atoms with Gasteiger partial charge in [0.2, 0.25) is 0 Å². The van der Waals surface area contributed by atoms with Crippen LogP contribution in [0, 0.1) is 0 Å². The highest BCUT2D eigenvalue weighted by Gasteiger charge is 2.11. The molecule has 0 saturated heterocycles. The maximum Gasteiger partial charge on any atom is 0.253 e. The molecule has 5 nitrogen and oxygen atoms in total. The smallest absolute Gasteiger partial charge is 0.253 e. The van der Waals surface area contributed by atoms with Gasteiger partial charge in [-0.15, -0.1) is 0 Å². The van der Waals surface area contributed by atoms with Gasteiger partial charge in [0.25, 0.3) is 5.91 Å². The maximum absolute atomic E-state index is 11.8. The Morgan fingerprint density at radius 1 is 1.23 bits per heavy atom. The predicted octanol–water partition coefficient (Wildman–Crippen LogP) is 1.77. The summed E-state index contributed by atoms with van der Waals surface area (Å²) in [6.07, 6.45) is 6.46. The monoisotopic (exact) mass is 300 g/mol. The van der Waals surface area contributed by atoms with Gasteiger partial charge in [0.1, 0.15) is 0 Å². The summed E-state index contributed by atoms with van der Waals surface area (Å²) in [7, 11) is 5.28. The van der Waals surface area contributed by atoms with Crippen molar-refractivity contribution >= 4 is 11.9 Å². The minimum atomic E-state index is 0.0192. The van der Waals surface area contributed by atoms with Crippen LogP contribution in [0.2, 0.25) is 0 Å². The van der Waals surface area contributed by atoms with Crippen molar-refractivity contribution in [3.05, 3.63) is 47.5 Å². The Hall–Kier alpha value is -2.30. The van der Waals surface area contributed by atoms with E-state index in [1.807, 2.05) is 24.3 Å². The third-order valence-electron chi connectivity index (χ3n) is 3.64. The average Bonchev–Trinajstić information content (AvgIpc) is 3.04. The number of hydrogen-bond donors (Lipinski definition) is 2. The molecule has 1 aromatic rings. The number of carbonyl (C=O) groups excluding carboxylic acids is 1. The van der Waals surface area contributed by atoms with Crippen molar-refractivity contribution in [1.29, 1.82) is 0 Å². The SMILES string of the molecule is CN=C(NCc1ccc(C(=O)N(C)C)cc1)NC1CC=CC1. The highest BCUT2D eigenvalue weighted by Crippen LogP contribution is 2.09. The molecule has 0 atom stereocenters. The van der Waals surface area contributed by atoms with Crippen LogP contribution < -0.4 is 10.6 Å². The Bertz CT molecular complexity index is 553. The van der Waals surface area contributed by atoms with E-state index in [1.54, 1.807) is 26.0 Å². The van der Waals surface area contributed by atoms with Gasteiger partial charge >= 0.3 is 0 Å². The molecule has 0 saturated carbocycles. The van der Waals surface area contributed by atoms with E-state index in [4.69, 9.17) is 0 Å². The molecule has 1 aliphatic rings. The summed E-state index contributed by atoms with van der Waals surface area (Å²) in [5, 5.41) is 6.70. The van der Waals surface area contributed by atoms with Crippen LogP contribution in [0.3, 0.4) is 0 Å². The van der Waals surface area contributed by atoms with E-state index >= 15 is 0 Å². The summed E-state index contributed by atoms with van der Waals surface area (Å²) in [5.41, 5.74) is 1.82. The molecule has 0 spiro atoms. The fraction of sp³-hybridized carbons (Fsp3) is 0.412. The Kier molecular flexibility index (Phi) is 5.58. The standard InChI is InChI=1S/C17H24N4O/c1-18-17(20-15-6-4-5-7-15)19-12-13-8-10-14(11-9-13)16(22)21(2)3/h4-5,8-11,15H,6-7,12H2,1-3H3,(H2,18,19,20). The largest absolute Gasteiger partial charge is 0.353 e. The zero-order valence-electron chi connectivity index (χ0n) is 13.5. The second kappa shape index (κ2) is 7.64. The summed E-state index contributed by atoms with van der Waals surface area (Å²) < 4.78 is 0. The summed E-state index contributed by atoms with van der Waals surface area (Å²) in [6, 6.07) is 8.08. The van der Waals surface area contributed by atoms with Gasteiger partial charge in [0.05, 0.1) is 0 Å². The molecule has 1 aliphatic carbocycles. The fourth-order valence-corrected chi connectivity index (χ4v) is 2.33. The summed E-state index contributed by atoms with van der Waals surface area (Å²) in [6.45, 7) is 0.677. The number of benzene rings is 1. The molecule has 22 heavy (non-hydrogen) atoms. The van der Waals surface area contributed by atoms with Crippen molar-refractivity contribution in [1.82, 2.24) is 15.5 Å². The molecule has 0 aliphatic heterocycles. The van der Waals surface area contributed by atoms with Crippen molar-refractivity contribution in [2.45, 2.75) is 25.4 Å². The predicted molar refractivity (Wildman–Crippen MR) is 90.0 cm³/mol. The van der Waals surface area contributed by atoms with Crippen LogP contribution in [0.15, 0.2) is 41.4 Å². The lowest BCUT2D eigenvalue weighted by molar-refractivity contribution is 0.0827. The zero-order chi connectivity index (χ0) is 15.9. The maximum atomic E-state index is 11.8. The molecular formula is C17H24N4O. The number of rotatable bonds is 4. The number of carbonyl (C=O) groups is 1. The van der Waals surface area contributed by atoms with Crippen molar-refractivity contribution in [2.75, 3.05) is 21.1 Å². The van der Waals surface area contributed by atoms with Gasteiger partial charge in [0.15, 0.2) is 5.96 Å². The second-order valence-corrected chi connectivity index (χ2v) is 5.61. The number of nitrogens with zero attached hydrogens (tertiary/aromatic N) is 2. The molecule has 0 radical (unpaired) electrons. The fourth-order valence-electron chi connectivity index (χ4n) is 2.33. The third kappa shape index (κ3) is 4.35. The van der Waals surface area contributed by atoms with E-state index in [-0.39, 0.29) is 5.91 Å². The van der Waals surface area contributed by atoms with E-state index < -0.39 is 0 Å². The lowest BCUT2D eigenvalue weighted by Crippen LogP contribution is -2.42. The quantitative estimate of drug-likeness (QED) is 0.506. The van der Waals surface area contributed by atoms with E-state index in [0.29, 0.717) is 18.2 Å². The van der Waals surface area contributed by atoms with Crippen molar-refractivity contribution in [2.24, 2.45) is 4.99 Å². The van der Waals surface area contributed by atoms with Crippen molar-refractivity contribution in [3.63, 3.8) is 0 Å². The number of amides is 1. The van der Waals surface area contributed by atoms with E-state index in [0.717, 1.165) is 24.4 Å². The van der Waals surface area contributed by atoms with Crippen LogP contribution in [0.1, 0.15) is 28.8 Å². The van der Waals surface area contributed by atoms with Crippen LogP contribution in [-0.4, -0.2) is 44.0 Å². The molecule has 0 bridgehead atoms. The minimum absolute atomic E-state index is 0.0192. The van der Waals surface area contributed by atoms with Gasteiger partial charge in [-0.3, -0.25) is 9.79 Å². The third-order valence-corrected chi connectivity index (χ3v) is 3.64. The summed E-state index contributed by atoms with van der Waals surface area (Å²) in [4.78, 5) is 17.7. The summed E-state index contributed by atoms with van der Waals surface area (Å²) in [5.74, 6) is 0.827. The van der Waals surface area contributed by atoms with Gasteiger partial charge in [0, 0.05) is 39.3 Å². The number of nitrogens with one attached hydrogen (secondary N) is 2. The lowest BCUT2D eigenvalue weighted by atomic mass is 10.1. The first kappa shape index (κ1) is 16.1. The van der Waals surface area contributed by atoms with E-state index in [1.165, 1.54) is 0 Å². The first-order valence-corrected chi connectivity index (χ1v) is 7.53. The van der Waals surface area contributed by atoms with Crippen LogP contribution in [0.25, 0.3) is 0 Å². The Balaban J connectivity index is 1.86. The molecule has 0 heterocycles. The molecule has 1 amide bonds. The highest BCUT2D eigenvalue weighted by molar-refractivity contribution is 5.93. The average molecular weight is 300 g/mol. The zero-order valence-corrected chi connectivity index (χ0v) is 13.5. The molecule has 0 unspecified atom stereocenters. The lowest BCUT2D eigenvalue weighted by Gasteiger charge is -2.17. The molecule has 1 aromatic carbocycles. The van der Waals surface area contributed by atoms with Gasteiger partial charge < -0.3 is 15.5 Å². The Morgan fingerprint density at radius 2 is 1.86 bits per heavy atom. The molecule has 5 heteroatoms. The number of aliphatic imine (C=N–C) groups is 1. The van der Waals surface area contributed by atoms with Crippen LogP contribution in [0.5, 0.6) is 0 Å². The molecule has 2 rings (SSSR count). The molecule has 118 valence electrons. The van der Waals surface area contributed by atoms with Crippen LogP contribution in [-0.2, 0) is 6.54 Å². The molecular weight excluding hydrogens is 276 g/mol. The van der Waals surface area contributed by atoms with Gasteiger partial charge in [-0.1, -0.05) is 24.3 Å². The van der Waals surface area contributed by atoms with E-state index in [9.17, 15) is 4.79 Å². The topological polar surface area (TPSA) is 56.7 Å². The molecule has 0 aromatic heterocycles. The number of hydrogen-bond acceptors (Lipinski definition) is 2. The second-order valence-electron chi connectivity index (χ2n) is 5.61. The Labute approximate surface area is 132 Å². The van der Waals surface area contributed by atoms with Crippen molar-refractivity contribution in [3.8, 4) is 0 Å². The van der Waals surface area contributed by atoms with Crippen molar-refractivity contribution < 1.29 is 4.79 Å². The summed E-state index contributed by atoms with van der Waals surface area (Å²) >= 11 is 0. The van der Waals surface area contributed by atoms with E-state index in [2.05, 4.69) is 27.8 Å². The van der Waals surface area contributed by atoms with Gasteiger partial charge in [-0.2, -0.15) is 0 Å². The Morgan fingerprint density at radius 3 is 2.41 bits per heavy atom. The van der Waals surface area contributed by atoms with Gasteiger partial charge in [-0.05, 0) is 30.5 Å². The minimum Gasteiger partial charge on any atom is -0.353 e. The van der Waals surface area contributed by atoms with Gasteiger partial charge in [-0.25, -0.2) is 0 Å². The molecule has 0 fully saturated rings. The first-order valence-electron chi connectivity index (χ1n) is 7.53. The first-order chi connectivity index (χ1) is 10.6. The molecule has 2 N–H and O–H groups in total. The highest BCUT2D eigenvalue weighted by atomic mass is 16.2. The van der Waals surface area contributed by atoms with Crippen LogP contribution >= 0.6 is 0 Å².